The lowest BCUT2D eigenvalue weighted by molar-refractivity contribution is 0.0691. The van der Waals surface area contributed by atoms with E-state index in [1.54, 1.807) is 0 Å². The fourth-order valence-corrected chi connectivity index (χ4v) is 1.90. The van der Waals surface area contributed by atoms with E-state index < -0.39 is 16.0 Å². The van der Waals surface area contributed by atoms with E-state index in [1.165, 1.54) is 6.20 Å². The first-order valence-corrected chi connectivity index (χ1v) is 7.11. The Hall–Kier alpha value is -1.83. The zero-order valence-corrected chi connectivity index (χ0v) is 10.4. The van der Waals surface area contributed by atoms with E-state index >= 15 is 0 Å². The molecule has 98 valence electrons. The molecule has 1 aromatic heterocycles. The average molecular weight is 272 g/mol. The highest BCUT2D eigenvalue weighted by Crippen LogP contribution is 2.34. The summed E-state index contributed by atoms with van der Waals surface area (Å²) in [6, 6.07) is 0. The topological polar surface area (TPSA) is 106 Å². The van der Waals surface area contributed by atoms with Crippen LogP contribution in [0.4, 0.5) is 5.69 Å². The van der Waals surface area contributed by atoms with Crippen molar-refractivity contribution < 1.29 is 23.1 Å². The molecule has 0 aliphatic heterocycles. The molecule has 0 atom stereocenters. The Balaban J connectivity index is 2.42. The summed E-state index contributed by atoms with van der Waals surface area (Å²) in [6.45, 7) is 0. The van der Waals surface area contributed by atoms with Gasteiger partial charge in [0.25, 0.3) is 0 Å². The molecule has 2 rings (SSSR count). The highest BCUT2D eigenvalue weighted by molar-refractivity contribution is 7.92. The van der Waals surface area contributed by atoms with Gasteiger partial charge in [0.15, 0.2) is 5.75 Å². The zero-order valence-electron chi connectivity index (χ0n) is 9.58. The van der Waals surface area contributed by atoms with Crippen LogP contribution in [-0.2, 0) is 10.0 Å². The molecule has 1 aliphatic rings. The van der Waals surface area contributed by atoms with E-state index in [0.717, 1.165) is 25.3 Å². The second-order valence-electron chi connectivity index (χ2n) is 4.06. The number of nitrogens with one attached hydrogen (secondary N) is 1. The molecule has 0 saturated heterocycles. The Labute approximate surface area is 104 Å². The number of hydrogen-bond acceptors (Lipinski definition) is 5. The number of carboxylic acids is 1. The number of rotatable bonds is 5. The molecule has 2 N–H and O–H groups in total. The largest absolute Gasteiger partial charge is 0.487 e. The lowest BCUT2D eigenvalue weighted by Crippen LogP contribution is -2.14. The molecule has 0 amide bonds. The van der Waals surface area contributed by atoms with Crippen LogP contribution in [-0.4, -0.2) is 36.8 Å². The normalized spacial score (nSPS) is 15.2. The van der Waals surface area contributed by atoms with Gasteiger partial charge < -0.3 is 9.84 Å². The van der Waals surface area contributed by atoms with E-state index in [0.29, 0.717) is 0 Å². The third-order valence-corrected chi connectivity index (χ3v) is 2.82. The molecule has 1 fully saturated rings. The Morgan fingerprint density at radius 3 is 2.67 bits per heavy atom. The van der Waals surface area contributed by atoms with E-state index in [-0.39, 0.29) is 23.1 Å². The van der Waals surface area contributed by atoms with Crippen molar-refractivity contribution >= 4 is 21.7 Å². The molecular weight excluding hydrogens is 260 g/mol. The van der Waals surface area contributed by atoms with Crippen LogP contribution in [0.25, 0.3) is 0 Å². The highest BCUT2D eigenvalue weighted by atomic mass is 32.2. The minimum Gasteiger partial charge on any atom is -0.487 e. The van der Waals surface area contributed by atoms with Crippen LogP contribution in [0.15, 0.2) is 12.4 Å². The van der Waals surface area contributed by atoms with Crippen LogP contribution in [0.3, 0.4) is 0 Å². The van der Waals surface area contributed by atoms with Crippen molar-refractivity contribution in [2.24, 2.45) is 0 Å². The first kappa shape index (κ1) is 12.6. The van der Waals surface area contributed by atoms with Crippen molar-refractivity contribution in [2.75, 3.05) is 11.0 Å². The number of hydrogen-bond donors (Lipinski definition) is 2. The van der Waals surface area contributed by atoms with Gasteiger partial charge in [-0.05, 0) is 12.8 Å². The Morgan fingerprint density at radius 1 is 1.50 bits per heavy atom. The number of ether oxygens (including phenoxy) is 1. The van der Waals surface area contributed by atoms with E-state index in [9.17, 15) is 13.2 Å². The molecule has 0 radical (unpaired) electrons. The van der Waals surface area contributed by atoms with Crippen molar-refractivity contribution in [2.45, 2.75) is 18.9 Å². The van der Waals surface area contributed by atoms with Gasteiger partial charge in [0, 0.05) is 6.20 Å². The summed E-state index contributed by atoms with van der Waals surface area (Å²) >= 11 is 0. The number of carbonyl (C=O) groups is 1. The molecule has 1 aliphatic carbocycles. The standard InChI is InChI=1S/C10H12N2O5S/c1-18(15,16)12-8-5-11-4-7(10(13)14)9(8)17-6-2-3-6/h4-6,12H,2-3H2,1H3,(H,13,14). The first-order chi connectivity index (χ1) is 8.37. The van der Waals surface area contributed by atoms with Crippen molar-refractivity contribution in [1.82, 2.24) is 4.98 Å². The second-order valence-corrected chi connectivity index (χ2v) is 5.81. The number of anilines is 1. The first-order valence-electron chi connectivity index (χ1n) is 5.22. The molecule has 0 spiro atoms. The van der Waals surface area contributed by atoms with Gasteiger partial charge in [0.1, 0.15) is 11.3 Å². The summed E-state index contributed by atoms with van der Waals surface area (Å²) in [5.41, 5.74) is -0.111. The van der Waals surface area contributed by atoms with Gasteiger partial charge in [-0.2, -0.15) is 0 Å². The maximum absolute atomic E-state index is 11.2. The predicted octanol–water partition coefficient (Wildman–Crippen LogP) is 0.692. The minimum atomic E-state index is -3.52. The number of nitrogens with zero attached hydrogens (tertiary/aromatic N) is 1. The minimum absolute atomic E-state index is 0.0189. The molecule has 0 aromatic carbocycles. The van der Waals surface area contributed by atoms with Crippen molar-refractivity contribution in [3.63, 3.8) is 0 Å². The number of aromatic carboxylic acids is 1. The third-order valence-electron chi connectivity index (χ3n) is 2.23. The van der Waals surface area contributed by atoms with Crippen LogP contribution < -0.4 is 9.46 Å². The van der Waals surface area contributed by atoms with E-state index in [2.05, 4.69) is 9.71 Å². The molecule has 7 nitrogen and oxygen atoms in total. The van der Waals surface area contributed by atoms with Crippen LogP contribution in [0, 0.1) is 0 Å². The fourth-order valence-electron chi connectivity index (χ4n) is 1.35. The number of carboxylic acid groups (broad SMARTS) is 1. The van der Waals surface area contributed by atoms with E-state index in [4.69, 9.17) is 9.84 Å². The zero-order chi connectivity index (χ0) is 13.3. The van der Waals surface area contributed by atoms with Gasteiger partial charge >= 0.3 is 5.97 Å². The number of pyridine rings is 1. The number of aromatic nitrogens is 1. The van der Waals surface area contributed by atoms with Crippen molar-refractivity contribution in [3.05, 3.63) is 18.0 Å². The molecule has 18 heavy (non-hydrogen) atoms. The maximum atomic E-state index is 11.2. The number of sulfonamides is 1. The molecule has 1 aromatic rings. The van der Waals surface area contributed by atoms with E-state index in [1.807, 2.05) is 0 Å². The summed E-state index contributed by atoms with van der Waals surface area (Å²) < 4.78 is 30.0. The van der Waals surface area contributed by atoms with Gasteiger partial charge in [-0.1, -0.05) is 0 Å². The van der Waals surface area contributed by atoms with Crippen LogP contribution in [0.2, 0.25) is 0 Å². The van der Waals surface area contributed by atoms with Crippen molar-refractivity contribution in [1.29, 1.82) is 0 Å². The highest BCUT2D eigenvalue weighted by Gasteiger charge is 2.28. The molecular formula is C10H12N2O5S. The predicted molar refractivity (Wildman–Crippen MR) is 63.3 cm³/mol. The Morgan fingerprint density at radius 2 is 2.17 bits per heavy atom. The molecule has 1 saturated carbocycles. The summed E-state index contributed by atoms with van der Waals surface area (Å²) in [7, 11) is -3.52. The van der Waals surface area contributed by atoms with Crippen molar-refractivity contribution in [3.8, 4) is 5.75 Å². The lowest BCUT2D eigenvalue weighted by Gasteiger charge is -2.13. The molecule has 8 heteroatoms. The van der Waals surface area contributed by atoms with Crippen LogP contribution >= 0.6 is 0 Å². The fraction of sp³-hybridized carbons (Fsp3) is 0.400. The molecule has 1 heterocycles. The second kappa shape index (κ2) is 4.45. The van der Waals surface area contributed by atoms with Gasteiger partial charge in [-0.15, -0.1) is 0 Å². The van der Waals surface area contributed by atoms with Gasteiger partial charge in [0.2, 0.25) is 10.0 Å². The summed E-state index contributed by atoms with van der Waals surface area (Å²) in [5, 5.41) is 9.02. The maximum Gasteiger partial charge on any atom is 0.341 e. The average Bonchev–Trinajstić information content (AvgIpc) is 3.01. The van der Waals surface area contributed by atoms with Crippen LogP contribution in [0.5, 0.6) is 5.75 Å². The Bertz CT molecular complexity index is 580. The third kappa shape index (κ3) is 3.10. The van der Waals surface area contributed by atoms with Crippen LogP contribution in [0.1, 0.15) is 23.2 Å². The van der Waals surface area contributed by atoms with Gasteiger partial charge in [-0.25, -0.2) is 13.2 Å². The summed E-state index contributed by atoms with van der Waals surface area (Å²) in [5.74, 6) is -1.19. The molecule has 0 unspecified atom stereocenters. The summed E-state index contributed by atoms with van der Waals surface area (Å²) in [6.07, 6.45) is 4.95. The van der Waals surface area contributed by atoms with Gasteiger partial charge in [0.05, 0.1) is 18.6 Å². The molecule has 0 bridgehead atoms. The lowest BCUT2D eigenvalue weighted by atomic mass is 10.2. The van der Waals surface area contributed by atoms with Gasteiger partial charge in [-0.3, -0.25) is 9.71 Å². The smallest absolute Gasteiger partial charge is 0.341 e. The SMILES string of the molecule is CS(=O)(=O)Nc1cncc(C(=O)O)c1OC1CC1. The Kier molecular flexibility index (Phi) is 3.12. The summed E-state index contributed by atoms with van der Waals surface area (Å²) in [4.78, 5) is 14.7. The quantitative estimate of drug-likeness (QED) is 0.817. The monoisotopic (exact) mass is 272 g/mol.